The van der Waals surface area contributed by atoms with Gasteiger partial charge >= 0.3 is 0 Å². The lowest BCUT2D eigenvalue weighted by atomic mass is 10.2. The van der Waals surface area contributed by atoms with Gasteiger partial charge < -0.3 is 10.8 Å². The second kappa shape index (κ2) is 7.53. The van der Waals surface area contributed by atoms with Crippen LogP contribution in [0.25, 0.3) is 0 Å². The molecule has 2 rings (SSSR count). The predicted molar refractivity (Wildman–Crippen MR) is 82.1 cm³/mol. The van der Waals surface area contributed by atoms with Crippen LogP contribution in [-0.2, 0) is 26.8 Å². The van der Waals surface area contributed by atoms with Gasteiger partial charge in [-0.2, -0.15) is 16.8 Å². The minimum Gasteiger partial charge on any atom is -0.506 e. The molecule has 0 bridgehead atoms. The van der Waals surface area contributed by atoms with E-state index in [4.69, 9.17) is 19.9 Å². The molecule has 0 aromatic heterocycles. The van der Waals surface area contributed by atoms with E-state index in [9.17, 15) is 16.8 Å². The van der Waals surface area contributed by atoms with Crippen molar-refractivity contribution >= 4 is 20.2 Å². The van der Waals surface area contributed by atoms with Gasteiger partial charge in [-0.1, -0.05) is 30.3 Å². The Labute approximate surface area is 133 Å². The second-order valence-electron chi connectivity index (χ2n) is 4.27. The van der Waals surface area contributed by atoms with Crippen molar-refractivity contribution in [2.75, 3.05) is 0 Å². The summed E-state index contributed by atoms with van der Waals surface area (Å²) in [5.74, 6) is -0.815. The molecule has 0 saturated heterocycles. The van der Waals surface area contributed by atoms with Gasteiger partial charge in [0.2, 0.25) is 0 Å². The number of benzene rings is 2. The van der Waals surface area contributed by atoms with Crippen LogP contribution in [0.3, 0.4) is 0 Å². The topological polar surface area (TPSA) is 155 Å². The molecule has 0 atom stereocenters. The van der Waals surface area contributed by atoms with Crippen molar-refractivity contribution in [1.82, 2.24) is 0 Å². The zero-order valence-electron chi connectivity index (χ0n) is 11.7. The quantitative estimate of drug-likeness (QED) is 0.591. The van der Waals surface area contributed by atoms with Gasteiger partial charge in [-0.3, -0.25) is 9.11 Å². The summed E-state index contributed by atoms with van der Waals surface area (Å²) >= 11 is 0. The Balaban J connectivity index is 0.000000277. The highest BCUT2D eigenvalue weighted by Crippen LogP contribution is 2.25. The molecule has 0 aliphatic rings. The first-order valence-corrected chi connectivity index (χ1v) is 8.95. The first kappa shape index (κ1) is 19.1. The van der Waals surface area contributed by atoms with E-state index < -0.39 is 35.8 Å². The average Bonchev–Trinajstić information content (AvgIpc) is 2.47. The minimum atomic E-state index is -4.74. The third kappa shape index (κ3) is 5.96. The summed E-state index contributed by atoms with van der Waals surface area (Å²) in [5, 5.41) is 9.02. The molecule has 0 unspecified atom stereocenters. The van der Waals surface area contributed by atoms with E-state index in [2.05, 4.69) is 0 Å². The van der Waals surface area contributed by atoms with Gasteiger partial charge in [0, 0.05) is 6.54 Å². The van der Waals surface area contributed by atoms with Gasteiger partial charge in [0.05, 0.1) is 4.90 Å². The number of phenolic OH excluding ortho intramolecular Hbond substituents is 1. The van der Waals surface area contributed by atoms with E-state index in [0.717, 1.165) is 12.1 Å². The molecule has 5 N–H and O–H groups in total. The summed E-state index contributed by atoms with van der Waals surface area (Å²) < 4.78 is 59.7. The van der Waals surface area contributed by atoms with Gasteiger partial charge in [0.1, 0.15) is 10.6 Å². The zero-order valence-corrected chi connectivity index (χ0v) is 13.3. The predicted octanol–water partition coefficient (Wildman–Crippen LogP) is 1.03. The van der Waals surface area contributed by atoms with E-state index in [1.807, 2.05) is 30.3 Å². The molecule has 0 radical (unpaired) electrons. The molecule has 0 amide bonds. The van der Waals surface area contributed by atoms with Crippen LogP contribution in [0.2, 0.25) is 0 Å². The summed E-state index contributed by atoms with van der Waals surface area (Å²) in [4.78, 5) is -1.73. The van der Waals surface area contributed by atoms with Crippen molar-refractivity contribution in [3.8, 4) is 5.75 Å². The van der Waals surface area contributed by atoms with Crippen LogP contribution in [-0.4, -0.2) is 31.0 Å². The van der Waals surface area contributed by atoms with Gasteiger partial charge in [0.15, 0.2) is 0 Å². The first-order valence-electron chi connectivity index (χ1n) is 6.07. The van der Waals surface area contributed by atoms with E-state index in [0.29, 0.717) is 12.6 Å². The van der Waals surface area contributed by atoms with Crippen LogP contribution < -0.4 is 5.73 Å². The number of aromatic hydroxyl groups is 1. The Morgan fingerprint density at radius 2 is 1.43 bits per heavy atom. The Bertz CT molecular complexity index is 862. The third-order valence-electron chi connectivity index (χ3n) is 2.59. The maximum absolute atomic E-state index is 10.7. The molecule has 0 aliphatic carbocycles. The highest BCUT2D eigenvalue weighted by atomic mass is 32.2. The van der Waals surface area contributed by atoms with Crippen LogP contribution >= 0.6 is 0 Å². The molecule has 2 aromatic carbocycles. The number of phenols is 1. The van der Waals surface area contributed by atoms with E-state index in [-0.39, 0.29) is 0 Å². The van der Waals surface area contributed by atoms with Crippen molar-refractivity contribution in [2.24, 2.45) is 5.73 Å². The molecular weight excluding hydrogens is 346 g/mol. The Hall–Kier alpha value is -1.98. The van der Waals surface area contributed by atoms with Crippen molar-refractivity contribution in [2.45, 2.75) is 16.3 Å². The summed E-state index contributed by atoms with van der Waals surface area (Å²) in [5.41, 5.74) is 6.54. The zero-order chi connectivity index (χ0) is 17.7. The molecule has 0 saturated carbocycles. The Morgan fingerprint density at radius 3 is 1.83 bits per heavy atom. The normalized spacial score (nSPS) is 11.4. The van der Waals surface area contributed by atoms with Crippen molar-refractivity contribution in [1.29, 1.82) is 0 Å². The third-order valence-corrected chi connectivity index (χ3v) is 4.32. The maximum Gasteiger partial charge on any atom is 0.298 e. The molecule has 0 spiro atoms. The van der Waals surface area contributed by atoms with E-state index in [1.165, 1.54) is 5.56 Å². The number of hydrogen-bond acceptors (Lipinski definition) is 6. The fourth-order valence-electron chi connectivity index (χ4n) is 1.48. The monoisotopic (exact) mass is 361 g/mol. The number of hydrogen-bond donors (Lipinski definition) is 4. The van der Waals surface area contributed by atoms with E-state index in [1.54, 1.807) is 0 Å². The largest absolute Gasteiger partial charge is 0.506 e. The fraction of sp³-hybridized carbons (Fsp3) is 0.0769. The summed E-state index contributed by atoms with van der Waals surface area (Å²) in [7, 11) is -9.33. The standard InChI is InChI=1S/C7H9N.C6H6O7S2/c8-6-7-4-2-1-3-5-7;7-5-2-1-4(14(8,9)10)3-6(5)15(11,12)13/h1-5H,6,8H2;1-3,7H,(H,8,9,10)(H,11,12,13). The highest BCUT2D eigenvalue weighted by Gasteiger charge is 2.19. The van der Waals surface area contributed by atoms with Crippen LogP contribution in [0, 0.1) is 0 Å². The molecule has 2 aromatic rings. The fourth-order valence-corrected chi connectivity index (χ4v) is 2.67. The van der Waals surface area contributed by atoms with E-state index >= 15 is 0 Å². The van der Waals surface area contributed by atoms with Crippen LogP contribution in [0.1, 0.15) is 5.56 Å². The lowest BCUT2D eigenvalue weighted by molar-refractivity contribution is 0.442. The molecular formula is C13H15NO7S2. The highest BCUT2D eigenvalue weighted by molar-refractivity contribution is 7.86. The van der Waals surface area contributed by atoms with Crippen molar-refractivity contribution in [3.63, 3.8) is 0 Å². The van der Waals surface area contributed by atoms with Crippen LogP contribution in [0.4, 0.5) is 0 Å². The minimum absolute atomic E-state index is 0.444. The van der Waals surface area contributed by atoms with Crippen molar-refractivity contribution in [3.05, 3.63) is 54.1 Å². The Kier molecular flexibility index (Phi) is 6.24. The second-order valence-corrected chi connectivity index (χ2v) is 7.08. The summed E-state index contributed by atoms with van der Waals surface area (Å²) in [6, 6.07) is 12.0. The van der Waals surface area contributed by atoms with Crippen LogP contribution in [0.5, 0.6) is 5.75 Å². The summed E-state index contributed by atoms with van der Waals surface area (Å²) in [6.07, 6.45) is 0. The maximum atomic E-state index is 10.7. The van der Waals surface area contributed by atoms with Gasteiger partial charge in [-0.05, 0) is 23.8 Å². The van der Waals surface area contributed by atoms with Gasteiger partial charge in [-0.15, -0.1) is 0 Å². The molecule has 0 fully saturated rings. The molecule has 0 heterocycles. The van der Waals surface area contributed by atoms with Crippen LogP contribution in [0.15, 0.2) is 58.3 Å². The lowest BCUT2D eigenvalue weighted by Gasteiger charge is -2.02. The number of nitrogens with two attached hydrogens (primary N) is 1. The molecule has 0 aliphatic heterocycles. The van der Waals surface area contributed by atoms with Crippen molar-refractivity contribution < 1.29 is 31.0 Å². The first-order chi connectivity index (χ1) is 10.6. The summed E-state index contributed by atoms with van der Waals surface area (Å²) in [6.45, 7) is 0.640. The smallest absolute Gasteiger partial charge is 0.298 e. The molecule has 23 heavy (non-hydrogen) atoms. The van der Waals surface area contributed by atoms with Gasteiger partial charge in [-0.25, -0.2) is 0 Å². The molecule has 10 heteroatoms. The average molecular weight is 361 g/mol. The number of rotatable bonds is 3. The lowest BCUT2D eigenvalue weighted by Crippen LogP contribution is -2.03. The van der Waals surface area contributed by atoms with Gasteiger partial charge in [0.25, 0.3) is 20.2 Å². The molecule has 8 nitrogen and oxygen atoms in total. The Morgan fingerprint density at radius 1 is 0.870 bits per heavy atom. The SMILES string of the molecule is NCc1ccccc1.O=S(=O)(O)c1ccc(O)c(S(=O)(=O)O)c1. The molecule has 126 valence electrons.